The first-order valence-electron chi connectivity index (χ1n) is 6.42. The number of hydrogen-bond acceptors (Lipinski definition) is 3. The van der Waals surface area contributed by atoms with Crippen LogP contribution in [0.25, 0.3) is 10.9 Å². The maximum absolute atomic E-state index is 13.4. The Balaban J connectivity index is 2.31. The van der Waals surface area contributed by atoms with Crippen molar-refractivity contribution in [2.75, 3.05) is 0 Å². The highest BCUT2D eigenvalue weighted by Gasteiger charge is 2.24. The lowest BCUT2D eigenvalue weighted by Crippen LogP contribution is -2.16. The van der Waals surface area contributed by atoms with E-state index < -0.39 is 42.5 Å². The summed E-state index contributed by atoms with van der Waals surface area (Å²) in [6.07, 6.45) is 0.843. The van der Waals surface area contributed by atoms with E-state index in [1.165, 1.54) is 0 Å². The minimum Gasteiger partial charge on any atom is -0.360 e. The summed E-state index contributed by atoms with van der Waals surface area (Å²) >= 11 is 5.61. The molecule has 0 saturated carbocycles. The summed E-state index contributed by atoms with van der Waals surface area (Å²) < 4.78 is 65.0. The van der Waals surface area contributed by atoms with Gasteiger partial charge in [-0.05, 0) is 24.3 Å². The molecule has 0 saturated heterocycles. The highest BCUT2D eigenvalue weighted by molar-refractivity contribution is 7.91. The molecule has 9 heteroatoms. The predicted octanol–water partition coefficient (Wildman–Crippen LogP) is 3.43. The smallest absolute Gasteiger partial charge is 0.212 e. The zero-order valence-corrected chi connectivity index (χ0v) is 13.2. The van der Waals surface area contributed by atoms with Crippen molar-refractivity contribution in [1.82, 2.24) is 4.98 Å². The average Bonchev–Trinajstić information content (AvgIpc) is 2.48. The highest BCUT2D eigenvalue weighted by Crippen LogP contribution is 2.24. The topological polar surface area (TPSA) is 67.0 Å². The van der Waals surface area contributed by atoms with Crippen LogP contribution >= 0.6 is 11.6 Å². The SMILES string of the molecule is O=c1c(S(=O)(=O)c2cc(F)cc(F)c2)c[nH]c2cc(F)c(Cl)cc12. The fourth-order valence-corrected chi connectivity index (χ4v) is 3.73. The quantitative estimate of drug-likeness (QED) is 0.748. The van der Waals surface area contributed by atoms with Crippen LogP contribution in [0.3, 0.4) is 0 Å². The lowest BCUT2D eigenvalue weighted by atomic mass is 10.2. The molecule has 3 aromatic rings. The van der Waals surface area contributed by atoms with Crippen molar-refractivity contribution in [2.24, 2.45) is 0 Å². The van der Waals surface area contributed by atoms with E-state index in [2.05, 4.69) is 4.98 Å². The van der Waals surface area contributed by atoms with Crippen molar-refractivity contribution in [1.29, 1.82) is 0 Å². The molecule has 1 aromatic heterocycles. The van der Waals surface area contributed by atoms with E-state index in [0.29, 0.717) is 18.2 Å². The van der Waals surface area contributed by atoms with Crippen molar-refractivity contribution in [3.05, 3.63) is 69.2 Å². The van der Waals surface area contributed by atoms with Gasteiger partial charge in [-0.3, -0.25) is 4.79 Å². The predicted molar refractivity (Wildman–Crippen MR) is 81.3 cm³/mol. The Bertz CT molecular complexity index is 1120. The molecular formula is C15H7ClF3NO3S. The van der Waals surface area contributed by atoms with E-state index in [1.54, 1.807) is 0 Å². The van der Waals surface area contributed by atoms with E-state index >= 15 is 0 Å². The van der Waals surface area contributed by atoms with Crippen LogP contribution in [0.1, 0.15) is 0 Å². The maximum atomic E-state index is 13.4. The van der Waals surface area contributed by atoms with E-state index in [0.717, 1.165) is 18.3 Å². The third kappa shape index (κ3) is 2.67. The Hall–Kier alpha value is -2.32. The van der Waals surface area contributed by atoms with Crippen LogP contribution in [0.4, 0.5) is 13.2 Å². The van der Waals surface area contributed by atoms with Gasteiger partial charge in [0, 0.05) is 17.6 Å². The van der Waals surface area contributed by atoms with Crippen LogP contribution in [0.2, 0.25) is 5.02 Å². The molecule has 1 heterocycles. The molecule has 2 aromatic carbocycles. The van der Waals surface area contributed by atoms with Crippen LogP contribution in [0.15, 0.2) is 51.1 Å². The van der Waals surface area contributed by atoms with Gasteiger partial charge in [-0.15, -0.1) is 0 Å². The number of benzene rings is 2. The zero-order valence-electron chi connectivity index (χ0n) is 11.6. The average molecular weight is 374 g/mol. The number of hydrogen-bond donors (Lipinski definition) is 1. The van der Waals surface area contributed by atoms with Crippen molar-refractivity contribution in [2.45, 2.75) is 9.79 Å². The molecule has 0 unspecified atom stereocenters. The van der Waals surface area contributed by atoms with Gasteiger partial charge in [0.15, 0.2) is 0 Å². The lowest BCUT2D eigenvalue weighted by Gasteiger charge is -2.07. The summed E-state index contributed by atoms with van der Waals surface area (Å²) in [7, 11) is -4.49. The first-order valence-corrected chi connectivity index (χ1v) is 8.28. The molecular weight excluding hydrogens is 367 g/mol. The second-order valence-corrected chi connectivity index (χ2v) is 7.23. The second kappa shape index (κ2) is 5.64. The van der Waals surface area contributed by atoms with Gasteiger partial charge < -0.3 is 4.98 Å². The Kier molecular flexibility index (Phi) is 3.89. The first-order chi connectivity index (χ1) is 11.2. The van der Waals surface area contributed by atoms with Gasteiger partial charge >= 0.3 is 0 Å². The number of sulfone groups is 1. The van der Waals surface area contributed by atoms with Gasteiger partial charge in [0.2, 0.25) is 15.3 Å². The molecule has 0 atom stereocenters. The first kappa shape index (κ1) is 16.5. The number of fused-ring (bicyclic) bond motifs is 1. The highest BCUT2D eigenvalue weighted by atomic mass is 35.5. The third-order valence-electron chi connectivity index (χ3n) is 3.32. The number of H-pyrrole nitrogens is 1. The minimum absolute atomic E-state index is 0.0336. The maximum Gasteiger partial charge on any atom is 0.212 e. The molecule has 124 valence electrons. The minimum atomic E-state index is -4.49. The summed E-state index contributed by atoms with van der Waals surface area (Å²) in [6, 6.07) is 3.62. The summed E-state index contributed by atoms with van der Waals surface area (Å²) in [4.78, 5) is 13.4. The fraction of sp³-hybridized carbons (Fsp3) is 0. The van der Waals surface area contributed by atoms with Crippen molar-refractivity contribution >= 4 is 32.3 Å². The molecule has 0 amide bonds. The van der Waals surface area contributed by atoms with Crippen LogP contribution in [0, 0.1) is 17.5 Å². The molecule has 0 aliphatic carbocycles. The molecule has 1 N–H and O–H groups in total. The molecule has 0 radical (unpaired) electrons. The molecule has 3 rings (SSSR count). The summed E-state index contributed by atoms with van der Waals surface area (Å²) in [5, 5.41) is -0.529. The van der Waals surface area contributed by atoms with Crippen LogP contribution < -0.4 is 5.43 Å². The van der Waals surface area contributed by atoms with Gasteiger partial charge in [0.05, 0.1) is 15.4 Å². The van der Waals surface area contributed by atoms with Crippen molar-refractivity contribution in [3.63, 3.8) is 0 Å². The fourth-order valence-electron chi connectivity index (χ4n) is 2.21. The number of aromatic nitrogens is 1. The zero-order chi connectivity index (χ0) is 17.6. The van der Waals surface area contributed by atoms with Crippen molar-refractivity contribution in [3.8, 4) is 0 Å². The van der Waals surface area contributed by atoms with E-state index in [1.807, 2.05) is 0 Å². The number of pyridine rings is 1. The van der Waals surface area contributed by atoms with E-state index in [9.17, 15) is 26.4 Å². The second-order valence-electron chi connectivity index (χ2n) is 4.90. The molecule has 4 nitrogen and oxygen atoms in total. The van der Waals surface area contributed by atoms with Gasteiger partial charge in [0.25, 0.3) is 0 Å². The van der Waals surface area contributed by atoms with E-state index in [4.69, 9.17) is 11.6 Å². The standard InChI is InChI=1S/C15H7ClF3NO3S/c16-11-4-10-13(5-12(11)19)20-6-14(15(10)21)24(22,23)9-2-7(17)1-8(18)3-9/h1-6H,(H,20,21). The van der Waals surface area contributed by atoms with Gasteiger partial charge in [0.1, 0.15) is 22.3 Å². The lowest BCUT2D eigenvalue weighted by molar-refractivity contribution is 0.566. The Morgan fingerprint density at radius 2 is 1.58 bits per heavy atom. The molecule has 0 bridgehead atoms. The summed E-state index contributed by atoms with van der Waals surface area (Å²) in [6.45, 7) is 0. The van der Waals surface area contributed by atoms with Crippen molar-refractivity contribution < 1.29 is 21.6 Å². The van der Waals surface area contributed by atoms with Crippen LogP contribution in [-0.2, 0) is 9.84 Å². The molecule has 24 heavy (non-hydrogen) atoms. The number of halogens is 4. The Morgan fingerprint density at radius 1 is 0.958 bits per heavy atom. The number of aromatic amines is 1. The molecule has 0 spiro atoms. The molecule has 0 aliphatic heterocycles. The van der Waals surface area contributed by atoms with E-state index in [-0.39, 0.29) is 15.9 Å². The normalized spacial score (nSPS) is 11.8. The monoisotopic (exact) mass is 373 g/mol. The third-order valence-corrected chi connectivity index (χ3v) is 5.35. The van der Waals surface area contributed by atoms with Crippen LogP contribution in [0.5, 0.6) is 0 Å². The largest absolute Gasteiger partial charge is 0.360 e. The molecule has 0 fully saturated rings. The van der Waals surface area contributed by atoms with Gasteiger partial charge in [-0.25, -0.2) is 21.6 Å². The summed E-state index contributed by atoms with van der Waals surface area (Å²) in [5.41, 5.74) is -0.929. The summed E-state index contributed by atoms with van der Waals surface area (Å²) in [5.74, 6) is -2.99. The molecule has 0 aliphatic rings. The number of nitrogens with one attached hydrogen (secondary N) is 1. The number of rotatable bonds is 2. The van der Waals surface area contributed by atoms with Crippen LogP contribution in [-0.4, -0.2) is 13.4 Å². The van der Waals surface area contributed by atoms with Gasteiger partial charge in [-0.1, -0.05) is 11.6 Å². The van der Waals surface area contributed by atoms with Gasteiger partial charge in [-0.2, -0.15) is 0 Å². The Morgan fingerprint density at radius 3 is 2.21 bits per heavy atom. The Labute approximate surface area is 138 Å².